The molecule has 2 aromatic rings. The number of rotatable bonds is 3. The van der Waals surface area contributed by atoms with Crippen molar-refractivity contribution in [2.45, 2.75) is 0 Å². The van der Waals surface area contributed by atoms with Crippen molar-refractivity contribution in [3.05, 3.63) is 48.0 Å². The van der Waals surface area contributed by atoms with E-state index < -0.39 is 11.7 Å². The van der Waals surface area contributed by atoms with Crippen molar-refractivity contribution in [1.29, 1.82) is 0 Å². The van der Waals surface area contributed by atoms with Gasteiger partial charge in [-0.1, -0.05) is 12.1 Å². The van der Waals surface area contributed by atoms with E-state index in [4.69, 9.17) is 10.5 Å². The number of benzene rings is 1. The number of hydrogen-bond acceptors (Lipinski definition) is 4. The average Bonchev–Trinajstić information content (AvgIpc) is 2.32. The van der Waals surface area contributed by atoms with E-state index in [1.165, 1.54) is 24.4 Å². The third-order valence-corrected chi connectivity index (χ3v) is 1.95. The molecule has 0 radical (unpaired) electrons. The molecule has 1 heterocycles. The fourth-order valence-corrected chi connectivity index (χ4v) is 1.18. The minimum atomic E-state index is -0.725. The summed E-state index contributed by atoms with van der Waals surface area (Å²) in [6, 6.07) is 7.18. The first-order valence-electron chi connectivity index (χ1n) is 4.72. The van der Waals surface area contributed by atoms with Crippen molar-refractivity contribution >= 4 is 5.91 Å². The predicted molar refractivity (Wildman–Crippen MR) is 57.0 cm³/mol. The van der Waals surface area contributed by atoms with Crippen molar-refractivity contribution in [2.75, 3.05) is 0 Å². The Labute approximate surface area is 96.0 Å². The molecule has 0 unspecified atom stereocenters. The maximum atomic E-state index is 13.3. The van der Waals surface area contributed by atoms with Crippen molar-refractivity contribution in [2.24, 2.45) is 5.73 Å². The Bertz CT molecular complexity index is 560. The van der Waals surface area contributed by atoms with Crippen LogP contribution in [0.25, 0.3) is 0 Å². The Hall–Kier alpha value is -2.50. The lowest BCUT2D eigenvalue weighted by molar-refractivity contribution is 0.0994. The molecule has 2 N–H and O–H groups in total. The highest BCUT2D eigenvalue weighted by atomic mass is 19.1. The number of amides is 1. The Morgan fingerprint density at radius 1 is 1.35 bits per heavy atom. The van der Waals surface area contributed by atoms with Gasteiger partial charge in [0, 0.05) is 6.07 Å². The van der Waals surface area contributed by atoms with Gasteiger partial charge < -0.3 is 10.5 Å². The van der Waals surface area contributed by atoms with Crippen molar-refractivity contribution in [1.82, 2.24) is 10.2 Å². The molecule has 6 heteroatoms. The van der Waals surface area contributed by atoms with Gasteiger partial charge in [0.15, 0.2) is 17.3 Å². The molecule has 5 nitrogen and oxygen atoms in total. The van der Waals surface area contributed by atoms with Crippen molar-refractivity contribution in [3.8, 4) is 11.5 Å². The summed E-state index contributed by atoms with van der Waals surface area (Å²) < 4.78 is 18.5. The molecule has 0 atom stereocenters. The van der Waals surface area contributed by atoms with Crippen LogP contribution in [0.5, 0.6) is 11.5 Å². The number of primary amides is 1. The number of halogens is 1. The van der Waals surface area contributed by atoms with Gasteiger partial charge >= 0.3 is 0 Å². The summed E-state index contributed by atoms with van der Waals surface area (Å²) >= 11 is 0. The monoisotopic (exact) mass is 233 g/mol. The molecule has 0 saturated heterocycles. The summed E-state index contributed by atoms with van der Waals surface area (Å²) in [7, 11) is 0. The van der Waals surface area contributed by atoms with E-state index in [-0.39, 0.29) is 17.2 Å². The minimum Gasteiger partial charge on any atom is -0.453 e. The second-order valence-corrected chi connectivity index (χ2v) is 3.17. The van der Waals surface area contributed by atoms with Crippen LogP contribution < -0.4 is 10.5 Å². The van der Waals surface area contributed by atoms with E-state index in [1.807, 2.05) is 0 Å². The normalized spacial score (nSPS) is 9.94. The standard InChI is InChI=1S/C11H8FN3O2/c12-8-3-1-2-4-10(8)17-7-5-9(11(13)16)15-14-6-7/h1-6H,(H2,13,16). The minimum absolute atomic E-state index is 0.0379. The highest BCUT2D eigenvalue weighted by molar-refractivity contribution is 5.90. The van der Waals surface area contributed by atoms with Crippen LogP contribution in [0.15, 0.2) is 36.5 Å². The van der Waals surface area contributed by atoms with Crippen LogP contribution >= 0.6 is 0 Å². The van der Waals surface area contributed by atoms with Crippen molar-refractivity contribution < 1.29 is 13.9 Å². The highest BCUT2D eigenvalue weighted by Crippen LogP contribution is 2.23. The van der Waals surface area contributed by atoms with Gasteiger partial charge in [-0.25, -0.2) is 4.39 Å². The molecule has 0 aliphatic rings. The molecule has 17 heavy (non-hydrogen) atoms. The first kappa shape index (κ1) is 11.0. The number of para-hydroxylation sites is 1. The quantitative estimate of drug-likeness (QED) is 0.871. The first-order chi connectivity index (χ1) is 8.16. The summed E-state index contributed by atoms with van der Waals surface area (Å²) in [5, 5.41) is 7.04. The van der Waals surface area contributed by atoms with Crippen molar-refractivity contribution in [3.63, 3.8) is 0 Å². The number of aromatic nitrogens is 2. The van der Waals surface area contributed by atoms with E-state index in [9.17, 15) is 9.18 Å². The molecule has 86 valence electrons. The van der Waals surface area contributed by atoms with E-state index in [0.717, 1.165) is 0 Å². The Balaban J connectivity index is 2.28. The van der Waals surface area contributed by atoms with Crippen LogP contribution in [0.2, 0.25) is 0 Å². The molecule has 0 aliphatic heterocycles. The third kappa shape index (κ3) is 2.54. The lowest BCUT2D eigenvalue weighted by atomic mass is 10.3. The number of nitrogens with two attached hydrogens (primary N) is 1. The van der Waals surface area contributed by atoms with Crippen LogP contribution in [0, 0.1) is 5.82 Å². The number of carbonyl (C=O) groups is 1. The van der Waals surface area contributed by atoms with Crippen LogP contribution in [0.3, 0.4) is 0 Å². The van der Waals surface area contributed by atoms with E-state index >= 15 is 0 Å². The first-order valence-corrected chi connectivity index (χ1v) is 4.72. The maximum absolute atomic E-state index is 13.3. The number of nitrogens with zero attached hydrogens (tertiary/aromatic N) is 2. The van der Waals surface area contributed by atoms with Crippen LogP contribution in [0.4, 0.5) is 4.39 Å². The second kappa shape index (κ2) is 4.56. The van der Waals surface area contributed by atoms with Gasteiger partial charge in [0.1, 0.15) is 5.75 Å². The molecule has 0 saturated carbocycles. The molecule has 0 fully saturated rings. The average molecular weight is 233 g/mol. The maximum Gasteiger partial charge on any atom is 0.269 e. The molecule has 2 rings (SSSR count). The van der Waals surface area contributed by atoms with E-state index in [0.29, 0.717) is 0 Å². The molecule has 1 amide bonds. The Morgan fingerprint density at radius 3 is 2.82 bits per heavy atom. The molecule has 0 bridgehead atoms. The number of carbonyl (C=O) groups excluding carboxylic acids is 1. The predicted octanol–water partition coefficient (Wildman–Crippen LogP) is 1.51. The van der Waals surface area contributed by atoms with Crippen LogP contribution in [-0.2, 0) is 0 Å². The van der Waals surface area contributed by atoms with Gasteiger partial charge in [0.05, 0.1) is 6.20 Å². The molecule has 1 aromatic heterocycles. The topological polar surface area (TPSA) is 78.1 Å². The van der Waals surface area contributed by atoms with E-state index in [1.54, 1.807) is 12.1 Å². The Kier molecular flexibility index (Phi) is 2.95. The summed E-state index contributed by atoms with van der Waals surface area (Å²) in [5.74, 6) is -1.00. The largest absolute Gasteiger partial charge is 0.453 e. The summed E-state index contributed by atoms with van der Waals surface area (Å²) in [4.78, 5) is 10.9. The smallest absolute Gasteiger partial charge is 0.269 e. The number of hydrogen-bond donors (Lipinski definition) is 1. The van der Waals surface area contributed by atoms with Crippen LogP contribution in [-0.4, -0.2) is 16.1 Å². The Morgan fingerprint density at radius 2 is 2.12 bits per heavy atom. The van der Waals surface area contributed by atoms with Gasteiger partial charge in [0.25, 0.3) is 5.91 Å². The molecule has 0 spiro atoms. The SMILES string of the molecule is NC(=O)c1cc(Oc2ccccc2F)cnn1. The summed E-state index contributed by atoms with van der Waals surface area (Å²) in [6.45, 7) is 0. The molecular weight excluding hydrogens is 225 g/mol. The van der Waals surface area contributed by atoms with Gasteiger partial charge in [-0.2, -0.15) is 5.10 Å². The van der Waals surface area contributed by atoms with Gasteiger partial charge in [-0.15, -0.1) is 5.10 Å². The number of ether oxygens (including phenoxy) is 1. The van der Waals surface area contributed by atoms with Gasteiger partial charge in [-0.3, -0.25) is 4.79 Å². The van der Waals surface area contributed by atoms with E-state index in [2.05, 4.69) is 10.2 Å². The zero-order valence-electron chi connectivity index (χ0n) is 8.63. The van der Waals surface area contributed by atoms with Crippen LogP contribution in [0.1, 0.15) is 10.5 Å². The molecule has 0 aliphatic carbocycles. The zero-order chi connectivity index (χ0) is 12.3. The zero-order valence-corrected chi connectivity index (χ0v) is 8.63. The van der Waals surface area contributed by atoms with Gasteiger partial charge in [-0.05, 0) is 12.1 Å². The van der Waals surface area contributed by atoms with Gasteiger partial charge in [0.2, 0.25) is 0 Å². The third-order valence-electron chi connectivity index (χ3n) is 1.95. The summed E-state index contributed by atoms with van der Waals surface area (Å²) in [6.07, 6.45) is 1.26. The lowest BCUT2D eigenvalue weighted by Crippen LogP contribution is -2.13. The lowest BCUT2D eigenvalue weighted by Gasteiger charge is -2.05. The fourth-order valence-electron chi connectivity index (χ4n) is 1.18. The summed E-state index contributed by atoms with van der Waals surface area (Å²) in [5.41, 5.74) is 4.99. The second-order valence-electron chi connectivity index (χ2n) is 3.17. The highest BCUT2D eigenvalue weighted by Gasteiger charge is 2.07. The fraction of sp³-hybridized carbons (Fsp3) is 0. The molecular formula is C11H8FN3O2. The molecule has 1 aromatic carbocycles.